The molecule has 0 spiro atoms. The summed E-state index contributed by atoms with van der Waals surface area (Å²) in [5, 5.41) is 9.67. The molecule has 1 atom stereocenters. The van der Waals surface area contributed by atoms with Gasteiger partial charge in [0.15, 0.2) is 6.10 Å². The quantitative estimate of drug-likeness (QED) is 0.0373. The zero-order chi connectivity index (χ0) is 56.2. The molecule has 0 heterocycles. The number of hydrogen-bond donors (Lipinski definition) is 1. The summed E-state index contributed by atoms with van der Waals surface area (Å²) >= 11 is 0. The fraction of sp³-hybridized carbons (Fsp3) is 0.753. The molecule has 0 aromatic carbocycles. The van der Waals surface area contributed by atoms with Crippen molar-refractivity contribution in [1.82, 2.24) is 0 Å². The summed E-state index contributed by atoms with van der Waals surface area (Å²) in [6.45, 7) is 4.02. The van der Waals surface area contributed by atoms with Gasteiger partial charge in [-0.1, -0.05) is 323 Å². The first-order valence-electron chi connectivity index (χ1n) is 33.8. The van der Waals surface area contributed by atoms with E-state index in [2.05, 4.69) is 111 Å². The predicted octanol–water partition coefficient (Wildman–Crippen LogP) is 23.4. The third-order valence-corrected chi connectivity index (χ3v) is 14.9. The lowest BCUT2D eigenvalue weighted by Crippen LogP contribution is -2.28. The van der Waals surface area contributed by atoms with E-state index in [1.165, 1.54) is 212 Å². The van der Waals surface area contributed by atoms with Crippen molar-refractivity contribution >= 4 is 11.9 Å². The fourth-order valence-electron chi connectivity index (χ4n) is 9.83. The Morgan fingerprint density at radius 2 is 0.551 bits per heavy atom. The van der Waals surface area contributed by atoms with Crippen LogP contribution in [0, 0.1) is 0 Å². The van der Waals surface area contributed by atoms with Crippen molar-refractivity contribution < 1.29 is 24.2 Å². The summed E-state index contributed by atoms with van der Waals surface area (Å²) in [6, 6.07) is 0. The van der Waals surface area contributed by atoms with Crippen LogP contribution in [-0.2, 0) is 19.1 Å². The molecule has 1 unspecified atom stereocenters. The van der Waals surface area contributed by atoms with Gasteiger partial charge in [0, 0.05) is 12.8 Å². The Labute approximate surface area is 485 Å². The maximum atomic E-state index is 12.3. The minimum absolute atomic E-state index is 0.0781. The highest BCUT2D eigenvalue weighted by Crippen LogP contribution is 2.18. The zero-order valence-corrected chi connectivity index (χ0v) is 51.7. The maximum absolute atomic E-state index is 12.3. The van der Waals surface area contributed by atoms with E-state index in [1.54, 1.807) is 0 Å². The topological polar surface area (TPSA) is 72.8 Å². The molecule has 0 saturated carbocycles. The number of aliphatic hydroxyl groups excluding tert-OH is 1. The lowest BCUT2D eigenvalue weighted by molar-refractivity contribution is -0.161. The Balaban J connectivity index is 3.43. The number of hydrogen-bond acceptors (Lipinski definition) is 5. The van der Waals surface area contributed by atoms with E-state index in [1.807, 2.05) is 0 Å². The Hall–Kier alpha value is -3.18. The van der Waals surface area contributed by atoms with Crippen LogP contribution in [0.25, 0.3) is 0 Å². The first-order valence-corrected chi connectivity index (χ1v) is 33.8. The summed E-state index contributed by atoms with van der Waals surface area (Å²) in [5.74, 6) is -0.612. The molecule has 0 aliphatic rings. The molecule has 450 valence electrons. The molecule has 0 aliphatic heterocycles. The summed E-state index contributed by atoms with van der Waals surface area (Å²) in [7, 11) is 0. The first kappa shape index (κ1) is 74.8. The van der Waals surface area contributed by atoms with E-state index in [4.69, 9.17) is 9.47 Å². The zero-order valence-electron chi connectivity index (χ0n) is 51.7. The molecule has 0 aliphatic carbocycles. The molecule has 5 nitrogen and oxygen atoms in total. The molecule has 0 aromatic heterocycles. The van der Waals surface area contributed by atoms with Gasteiger partial charge in [0.25, 0.3) is 0 Å². The van der Waals surface area contributed by atoms with Gasteiger partial charge in [0.1, 0.15) is 6.61 Å². The third-order valence-electron chi connectivity index (χ3n) is 14.9. The number of ether oxygens (including phenoxy) is 2. The number of carbonyl (C=O) groups excluding carboxylic acids is 2. The molecule has 1 N–H and O–H groups in total. The molecule has 0 aromatic rings. The van der Waals surface area contributed by atoms with Crippen molar-refractivity contribution in [2.45, 2.75) is 341 Å². The Kier molecular flexibility index (Phi) is 65.3. The normalized spacial score (nSPS) is 12.8. The van der Waals surface area contributed by atoms with Crippen molar-refractivity contribution in [3.8, 4) is 0 Å². The van der Waals surface area contributed by atoms with Crippen LogP contribution in [0.2, 0.25) is 0 Å². The van der Waals surface area contributed by atoms with Crippen LogP contribution >= 0.6 is 0 Å². The largest absolute Gasteiger partial charge is 0.462 e. The second-order valence-electron chi connectivity index (χ2n) is 22.5. The van der Waals surface area contributed by atoms with E-state index >= 15 is 0 Å². The smallest absolute Gasteiger partial charge is 0.306 e. The number of rotatable bonds is 62. The van der Waals surface area contributed by atoms with Crippen LogP contribution < -0.4 is 0 Å². The van der Waals surface area contributed by atoms with Gasteiger partial charge in [-0.05, 0) is 96.3 Å². The van der Waals surface area contributed by atoms with Crippen LogP contribution in [0.15, 0.2) is 97.2 Å². The number of aliphatic hydroxyl groups is 1. The Bertz CT molecular complexity index is 1460. The summed E-state index contributed by atoms with van der Waals surface area (Å²) in [6.07, 6.45) is 97.3. The summed E-state index contributed by atoms with van der Waals surface area (Å²) in [5.41, 5.74) is 0. The lowest BCUT2D eigenvalue weighted by Gasteiger charge is -2.15. The molecule has 5 heteroatoms. The maximum Gasteiger partial charge on any atom is 0.306 e. The average molecular weight is 1090 g/mol. The molecule has 0 rings (SSSR count). The van der Waals surface area contributed by atoms with Gasteiger partial charge in [0.05, 0.1) is 6.61 Å². The number of esters is 2. The van der Waals surface area contributed by atoms with Crippen LogP contribution in [0.4, 0.5) is 0 Å². The van der Waals surface area contributed by atoms with Gasteiger partial charge < -0.3 is 14.6 Å². The average Bonchev–Trinajstić information content (AvgIpc) is 3.44. The van der Waals surface area contributed by atoms with Crippen molar-refractivity contribution in [2.24, 2.45) is 0 Å². The molecule has 78 heavy (non-hydrogen) atoms. The molecular formula is C73H128O5. The minimum Gasteiger partial charge on any atom is -0.462 e. The van der Waals surface area contributed by atoms with Crippen molar-refractivity contribution in [3.63, 3.8) is 0 Å². The van der Waals surface area contributed by atoms with E-state index < -0.39 is 6.10 Å². The molecule has 0 amide bonds. The number of carbonyl (C=O) groups is 2. The third kappa shape index (κ3) is 65.3. The molecule has 0 saturated heterocycles. The molecule has 0 radical (unpaired) electrons. The van der Waals surface area contributed by atoms with Gasteiger partial charge >= 0.3 is 11.9 Å². The standard InChI is InChI=1S/C73H128O5/c1-3-5-7-9-11-13-15-17-19-21-23-25-27-28-29-30-31-32-33-34-35-36-37-38-39-40-41-42-43-44-46-47-49-51-53-55-57-59-61-63-65-67-72(75)77-70-71(69-74)78-73(76)68-66-64-62-60-58-56-54-52-50-48-45-26-24-22-20-18-16-14-12-10-8-6-4-2/h6,8,12,14-15,17-18,20-21,23-24,26,48,50,54,56,71,74H,3-5,7,9-11,13,16,19,22,25,27-47,49,51-53,55,57-70H2,1-2H3/b8-6-,14-12-,17-15-,20-18-,23-21-,26-24-,50-48-,56-54-. The van der Waals surface area contributed by atoms with Crippen LogP contribution in [0.3, 0.4) is 0 Å². The van der Waals surface area contributed by atoms with E-state index in [-0.39, 0.29) is 25.2 Å². The second-order valence-corrected chi connectivity index (χ2v) is 22.5. The molecule has 0 fully saturated rings. The fourth-order valence-corrected chi connectivity index (χ4v) is 9.83. The SMILES string of the molecule is CC/C=C\C/C=C\C/C=C\C/C=C\C/C=C\C/C=C\CCCCCCC(=O)OC(CO)COC(=O)CCCCCCCCCCCCCCCCCCCCCCCCCCCCCCC/C=C\C/C=C\CCCCCCC. The highest BCUT2D eigenvalue weighted by molar-refractivity contribution is 5.70. The second kappa shape index (κ2) is 68.1. The number of unbranched alkanes of at least 4 members (excludes halogenated alkanes) is 38. The van der Waals surface area contributed by atoms with E-state index in [0.29, 0.717) is 12.8 Å². The summed E-state index contributed by atoms with van der Waals surface area (Å²) < 4.78 is 10.7. The van der Waals surface area contributed by atoms with Gasteiger partial charge in [0.2, 0.25) is 0 Å². The highest BCUT2D eigenvalue weighted by Gasteiger charge is 2.16. The van der Waals surface area contributed by atoms with E-state index in [9.17, 15) is 14.7 Å². The van der Waals surface area contributed by atoms with E-state index in [0.717, 1.165) is 96.3 Å². The van der Waals surface area contributed by atoms with Gasteiger partial charge in [-0.3, -0.25) is 9.59 Å². The minimum atomic E-state index is -0.791. The monoisotopic (exact) mass is 1080 g/mol. The van der Waals surface area contributed by atoms with Crippen molar-refractivity contribution in [3.05, 3.63) is 97.2 Å². The first-order chi connectivity index (χ1) is 38.6. The van der Waals surface area contributed by atoms with Crippen LogP contribution in [0.5, 0.6) is 0 Å². The Morgan fingerprint density at radius 3 is 0.833 bits per heavy atom. The Morgan fingerprint density at radius 1 is 0.308 bits per heavy atom. The van der Waals surface area contributed by atoms with Crippen molar-refractivity contribution in [2.75, 3.05) is 13.2 Å². The molecular weight excluding hydrogens is 957 g/mol. The highest BCUT2D eigenvalue weighted by atomic mass is 16.6. The van der Waals surface area contributed by atoms with Crippen LogP contribution in [0.1, 0.15) is 335 Å². The lowest BCUT2D eigenvalue weighted by atomic mass is 10.0. The molecule has 0 bridgehead atoms. The van der Waals surface area contributed by atoms with Crippen LogP contribution in [-0.4, -0.2) is 36.4 Å². The van der Waals surface area contributed by atoms with Gasteiger partial charge in [-0.15, -0.1) is 0 Å². The predicted molar refractivity (Wildman–Crippen MR) is 343 cm³/mol. The summed E-state index contributed by atoms with van der Waals surface area (Å²) in [4.78, 5) is 24.6. The van der Waals surface area contributed by atoms with Gasteiger partial charge in [-0.25, -0.2) is 0 Å². The number of allylic oxidation sites excluding steroid dienone is 16. The van der Waals surface area contributed by atoms with Crippen molar-refractivity contribution in [1.29, 1.82) is 0 Å². The van der Waals surface area contributed by atoms with Gasteiger partial charge in [-0.2, -0.15) is 0 Å².